The molecule has 1 aliphatic heterocycles. The molecule has 1 N–H and O–H groups in total. The van der Waals surface area contributed by atoms with Crippen molar-refractivity contribution in [2.45, 2.75) is 0 Å². The molecule has 2 aromatic rings. The maximum Gasteiger partial charge on any atom is 0.293 e. The molecule has 1 fully saturated rings. The predicted octanol–water partition coefficient (Wildman–Crippen LogP) is 3.29. The van der Waals surface area contributed by atoms with Crippen molar-refractivity contribution in [1.82, 2.24) is 10.2 Å². The Hall–Kier alpha value is -2.93. The normalized spacial score (nSPS) is 15.6. The zero-order valence-corrected chi connectivity index (χ0v) is 14.5. The minimum Gasteiger partial charge on any atom is -0.350 e. The van der Waals surface area contributed by atoms with Gasteiger partial charge in [-0.05, 0) is 47.7 Å². The van der Waals surface area contributed by atoms with Crippen LogP contribution in [0.15, 0.2) is 59.5 Å². The molecule has 0 radical (unpaired) electrons. The zero-order chi connectivity index (χ0) is 18.5. The minimum absolute atomic E-state index is 0.0873. The molecular formula is C19H15FN2O3S. The molecule has 0 spiro atoms. The third-order valence-corrected chi connectivity index (χ3v) is 4.61. The van der Waals surface area contributed by atoms with E-state index in [4.69, 9.17) is 0 Å². The van der Waals surface area contributed by atoms with Crippen molar-refractivity contribution < 1.29 is 18.8 Å². The number of carbonyl (C=O) groups is 3. The van der Waals surface area contributed by atoms with Crippen molar-refractivity contribution in [2.75, 3.05) is 13.1 Å². The summed E-state index contributed by atoms with van der Waals surface area (Å²) in [5.74, 6) is -1.05. The molecule has 3 amide bonds. The van der Waals surface area contributed by atoms with Crippen molar-refractivity contribution in [1.29, 1.82) is 0 Å². The molecule has 1 heterocycles. The highest BCUT2D eigenvalue weighted by Crippen LogP contribution is 2.31. The molecule has 0 bridgehead atoms. The number of benzene rings is 2. The van der Waals surface area contributed by atoms with Crippen molar-refractivity contribution in [2.24, 2.45) is 0 Å². The minimum atomic E-state index is -0.418. The van der Waals surface area contributed by atoms with E-state index >= 15 is 0 Å². The van der Waals surface area contributed by atoms with Gasteiger partial charge in [0.05, 0.1) is 4.91 Å². The summed E-state index contributed by atoms with van der Waals surface area (Å²) in [5, 5.41) is 2.29. The molecule has 0 saturated carbocycles. The van der Waals surface area contributed by atoms with Gasteiger partial charge in [-0.3, -0.25) is 19.3 Å². The average molecular weight is 370 g/mol. The lowest BCUT2D eigenvalue weighted by Crippen LogP contribution is -2.37. The third kappa shape index (κ3) is 4.18. The van der Waals surface area contributed by atoms with E-state index < -0.39 is 11.1 Å². The number of amides is 3. The number of nitrogens with one attached hydrogen (secondary N) is 1. The van der Waals surface area contributed by atoms with Crippen LogP contribution in [0.2, 0.25) is 0 Å². The SMILES string of the molecule is O=C(NCCN1C(=O)SC(=Cc2ccc(F)cc2)C1=O)c1ccccc1. The van der Waals surface area contributed by atoms with Crippen LogP contribution in [0.3, 0.4) is 0 Å². The Morgan fingerprint density at radius 3 is 2.46 bits per heavy atom. The zero-order valence-electron chi connectivity index (χ0n) is 13.6. The van der Waals surface area contributed by atoms with E-state index in [1.54, 1.807) is 30.3 Å². The lowest BCUT2D eigenvalue weighted by molar-refractivity contribution is -0.122. The van der Waals surface area contributed by atoms with Gasteiger partial charge in [0.25, 0.3) is 17.1 Å². The van der Waals surface area contributed by atoms with Gasteiger partial charge in [-0.2, -0.15) is 0 Å². The van der Waals surface area contributed by atoms with E-state index in [0.29, 0.717) is 11.1 Å². The van der Waals surface area contributed by atoms with E-state index in [1.165, 1.54) is 24.3 Å². The fraction of sp³-hybridized carbons (Fsp3) is 0.105. The first-order valence-electron chi connectivity index (χ1n) is 7.89. The van der Waals surface area contributed by atoms with Gasteiger partial charge < -0.3 is 5.32 Å². The van der Waals surface area contributed by atoms with Gasteiger partial charge in [0.1, 0.15) is 5.82 Å². The highest BCUT2D eigenvalue weighted by atomic mass is 32.2. The first kappa shape index (κ1) is 17.9. The first-order valence-corrected chi connectivity index (χ1v) is 8.70. The van der Waals surface area contributed by atoms with Crippen LogP contribution in [-0.4, -0.2) is 35.0 Å². The largest absolute Gasteiger partial charge is 0.350 e. The number of thioether (sulfide) groups is 1. The second-order valence-electron chi connectivity index (χ2n) is 5.51. The molecule has 0 aliphatic carbocycles. The van der Waals surface area contributed by atoms with Gasteiger partial charge in [-0.15, -0.1) is 0 Å². The number of halogens is 1. The summed E-state index contributed by atoms with van der Waals surface area (Å²) in [5.41, 5.74) is 1.15. The lowest BCUT2D eigenvalue weighted by atomic mass is 10.2. The highest BCUT2D eigenvalue weighted by Gasteiger charge is 2.34. The van der Waals surface area contributed by atoms with Crippen molar-refractivity contribution in [3.8, 4) is 0 Å². The van der Waals surface area contributed by atoms with E-state index in [-0.39, 0.29) is 29.7 Å². The number of imide groups is 1. The van der Waals surface area contributed by atoms with Crippen LogP contribution in [-0.2, 0) is 4.79 Å². The van der Waals surface area contributed by atoms with E-state index in [2.05, 4.69) is 5.32 Å². The first-order chi connectivity index (χ1) is 12.5. The second kappa shape index (κ2) is 7.97. The number of hydrogen-bond acceptors (Lipinski definition) is 4. The summed E-state index contributed by atoms with van der Waals surface area (Å²) in [6, 6.07) is 14.3. The number of hydrogen-bond donors (Lipinski definition) is 1. The summed E-state index contributed by atoms with van der Waals surface area (Å²) >= 11 is 0.828. The smallest absolute Gasteiger partial charge is 0.293 e. The maximum absolute atomic E-state index is 12.9. The molecule has 132 valence electrons. The Bertz CT molecular complexity index is 866. The van der Waals surface area contributed by atoms with Crippen LogP contribution in [0, 0.1) is 5.82 Å². The summed E-state index contributed by atoms with van der Waals surface area (Å²) in [6.07, 6.45) is 1.55. The van der Waals surface area contributed by atoms with Gasteiger partial charge in [-0.1, -0.05) is 30.3 Å². The maximum atomic E-state index is 12.9. The summed E-state index contributed by atoms with van der Waals surface area (Å²) in [7, 11) is 0. The average Bonchev–Trinajstić information content (AvgIpc) is 2.91. The van der Waals surface area contributed by atoms with Crippen LogP contribution in [0.5, 0.6) is 0 Å². The summed E-state index contributed by atoms with van der Waals surface area (Å²) in [4.78, 5) is 37.7. The van der Waals surface area contributed by atoms with Crippen LogP contribution in [0.25, 0.3) is 6.08 Å². The Kier molecular flexibility index (Phi) is 5.48. The second-order valence-corrected chi connectivity index (χ2v) is 6.50. The highest BCUT2D eigenvalue weighted by molar-refractivity contribution is 8.18. The Morgan fingerprint density at radius 2 is 1.77 bits per heavy atom. The van der Waals surface area contributed by atoms with Crippen molar-refractivity contribution in [3.05, 3.63) is 76.4 Å². The Labute approximate surface area is 153 Å². The van der Waals surface area contributed by atoms with Crippen LogP contribution in [0.4, 0.5) is 9.18 Å². The lowest BCUT2D eigenvalue weighted by Gasteiger charge is -2.13. The molecule has 3 rings (SSSR count). The predicted molar refractivity (Wildman–Crippen MR) is 97.9 cm³/mol. The fourth-order valence-corrected chi connectivity index (χ4v) is 3.24. The topological polar surface area (TPSA) is 66.5 Å². The molecule has 0 atom stereocenters. The number of nitrogens with zero attached hydrogens (tertiary/aromatic N) is 1. The Morgan fingerprint density at radius 1 is 1.08 bits per heavy atom. The van der Waals surface area contributed by atoms with Crippen LogP contribution in [0.1, 0.15) is 15.9 Å². The summed E-state index contributed by atoms with van der Waals surface area (Å²) < 4.78 is 12.9. The van der Waals surface area contributed by atoms with E-state index in [9.17, 15) is 18.8 Å². The monoisotopic (exact) mass is 370 g/mol. The van der Waals surface area contributed by atoms with Gasteiger partial charge in [0.15, 0.2) is 0 Å². The molecule has 1 aliphatic rings. The fourth-order valence-electron chi connectivity index (χ4n) is 2.38. The van der Waals surface area contributed by atoms with Gasteiger partial charge in [-0.25, -0.2) is 4.39 Å². The third-order valence-electron chi connectivity index (χ3n) is 3.70. The molecule has 1 saturated heterocycles. The van der Waals surface area contributed by atoms with Crippen molar-refractivity contribution >= 4 is 34.9 Å². The molecular weight excluding hydrogens is 355 g/mol. The van der Waals surface area contributed by atoms with Crippen LogP contribution >= 0.6 is 11.8 Å². The van der Waals surface area contributed by atoms with E-state index in [1.807, 2.05) is 6.07 Å². The molecule has 5 nitrogen and oxygen atoms in total. The molecule has 0 aromatic heterocycles. The number of rotatable bonds is 5. The standard InChI is InChI=1S/C19H15FN2O3S/c20-15-8-6-13(7-9-15)12-16-18(24)22(19(25)26-16)11-10-21-17(23)14-4-2-1-3-5-14/h1-9,12H,10-11H2,(H,21,23). The number of carbonyl (C=O) groups excluding carboxylic acids is 3. The van der Waals surface area contributed by atoms with Crippen molar-refractivity contribution in [3.63, 3.8) is 0 Å². The van der Waals surface area contributed by atoms with Gasteiger partial charge in [0.2, 0.25) is 0 Å². The quantitative estimate of drug-likeness (QED) is 0.820. The molecule has 2 aromatic carbocycles. The molecule has 26 heavy (non-hydrogen) atoms. The summed E-state index contributed by atoms with van der Waals surface area (Å²) in [6.45, 7) is 0.250. The van der Waals surface area contributed by atoms with Crippen LogP contribution < -0.4 is 5.32 Å². The molecule has 7 heteroatoms. The van der Waals surface area contributed by atoms with Gasteiger partial charge in [0, 0.05) is 18.7 Å². The van der Waals surface area contributed by atoms with Gasteiger partial charge >= 0.3 is 0 Å². The van der Waals surface area contributed by atoms with E-state index in [0.717, 1.165) is 16.7 Å². The molecule has 0 unspecified atom stereocenters. The Balaban J connectivity index is 1.59.